The average Bonchev–Trinajstić information content (AvgIpc) is 2.69. The molecule has 0 amide bonds. The van der Waals surface area contributed by atoms with Gasteiger partial charge in [0, 0.05) is 26.0 Å². The molecular formula is C9H18N2O2S. The smallest absolute Gasteiger partial charge is 0.156 e. The highest BCUT2D eigenvalue weighted by atomic mass is 32.2. The second kappa shape index (κ2) is 8.08. The minimum Gasteiger partial charge on any atom is -0.382 e. The second-order valence-corrected chi connectivity index (χ2v) is 4.00. The van der Waals surface area contributed by atoms with E-state index in [-0.39, 0.29) is 0 Å². The van der Waals surface area contributed by atoms with Crippen LogP contribution in [0.15, 0.2) is 4.99 Å². The lowest BCUT2D eigenvalue weighted by Gasteiger charge is -2.05. The maximum Gasteiger partial charge on any atom is 0.156 e. The zero-order valence-electron chi connectivity index (χ0n) is 8.62. The van der Waals surface area contributed by atoms with Gasteiger partial charge in [-0.3, -0.25) is 4.99 Å². The molecule has 0 bridgehead atoms. The number of nitrogens with zero attached hydrogens (tertiary/aromatic N) is 1. The van der Waals surface area contributed by atoms with Crippen LogP contribution in [0.4, 0.5) is 0 Å². The molecule has 0 aromatic heterocycles. The first-order valence-electron chi connectivity index (χ1n) is 4.91. The molecule has 0 unspecified atom stereocenters. The minimum atomic E-state index is 0.677. The lowest BCUT2D eigenvalue weighted by Crippen LogP contribution is -2.21. The van der Waals surface area contributed by atoms with E-state index in [1.165, 1.54) is 0 Å². The fourth-order valence-corrected chi connectivity index (χ4v) is 1.82. The fourth-order valence-electron chi connectivity index (χ4n) is 1.06. The van der Waals surface area contributed by atoms with Crippen molar-refractivity contribution in [1.29, 1.82) is 0 Å². The Hall–Kier alpha value is -0.260. The van der Waals surface area contributed by atoms with Crippen LogP contribution in [0.25, 0.3) is 0 Å². The Morgan fingerprint density at radius 2 is 2.36 bits per heavy atom. The molecule has 14 heavy (non-hydrogen) atoms. The summed E-state index contributed by atoms with van der Waals surface area (Å²) in [4.78, 5) is 4.29. The Balaban J connectivity index is 1.80. The molecule has 0 atom stereocenters. The van der Waals surface area contributed by atoms with Crippen molar-refractivity contribution in [2.75, 3.05) is 45.8 Å². The van der Waals surface area contributed by atoms with Gasteiger partial charge in [0.1, 0.15) is 0 Å². The van der Waals surface area contributed by atoms with Gasteiger partial charge in [-0.25, -0.2) is 0 Å². The van der Waals surface area contributed by atoms with E-state index in [1.54, 1.807) is 18.9 Å². The zero-order chi connectivity index (χ0) is 10.1. The molecule has 82 valence electrons. The van der Waals surface area contributed by atoms with Crippen LogP contribution in [0.5, 0.6) is 0 Å². The molecule has 0 fully saturated rings. The van der Waals surface area contributed by atoms with Gasteiger partial charge in [0.25, 0.3) is 0 Å². The zero-order valence-corrected chi connectivity index (χ0v) is 9.44. The summed E-state index contributed by atoms with van der Waals surface area (Å²) in [7, 11) is 1.68. The Kier molecular flexibility index (Phi) is 6.82. The Labute approximate surface area is 89.4 Å². The van der Waals surface area contributed by atoms with Crippen molar-refractivity contribution in [2.24, 2.45) is 4.99 Å². The van der Waals surface area contributed by atoms with Crippen LogP contribution in [0.1, 0.15) is 6.42 Å². The third-order valence-corrected chi connectivity index (χ3v) is 2.69. The highest BCUT2D eigenvalue weighted by molar-refractivity contribution is 8.14. The van der Waals surface area contributed by atoms with E-state index in [0.29, 0.717) is 13.2 Å². The summed E-state index contributed by atoms with van der Waals surface area (Å²) in [5.74, 6) is 1.12. The van der Waals surface area contributed by atoms with Gasteiger partial charge in [-0.05, 0) is 6.42 Å². The van der Waals surface area contributed by atoms with Gasteiger partial charge in [0.05, 0.1) is 19.8 Å². The van der Waals surface area contributed by atoms with E-state index < -0.39 is 0 Å². The van der Waals surface area contributed by atoms with Crippen molar-refractivity contribution in [2.45, 2.75) is 6.42 Å². The standard InChI is InChI=1S/C9H18N2O2S/c1-12-6-7-13-5-2-3-10-9-11-4-8-14-9/h2-8H2,1H3,(H,10,11). The van der Waals surface area contributed by atoms with Crippen molar-refractivity contribution in [3.8, 4) is 0 Å². The molecule has 1 N–H and O–H groups in total. The predicted octanol–water partition coefficient (Wildman–Crippen LogP) is 0.732. The topological polar surface area (TPSA) is 42.9 Å². The maximum atomic E-state index is 5.33. The van der Waals surface area contributed by atoms with E-state index in [9.17, 15) is 0 Å². The SMILES string of the molecule is COCCOCCCNC1=NCCS1. The number of methoxy groups -OCH3 is 1. The van der Waals surface area contributed by atoms with Crippen LogP contribution in [-0.2, 0) is 9.47 Å². The largest absolute Gasteiger partial charge is 0.382 e. The summed E-state index contributed by atoms with van der Waals surface area (Å²) in [5, 5.41) is 4.36. The lowest BCUT2D eigenvalue weighted by atomic mass is 10.4. The summed E-state index contributed by atoms with van der Waals surface area (Å²) in [6.07, 6.45) is 1.02. The van der Waals surface area contributed by atoms with Crippen molar-refractivity contribution in [3.63, 3.8) is 0 Å². The number of amidine groups is 1. The minimum absolute atomic E-state index is 0.677. The van der Waals surface area contributed by atoms with E-state index >= 15 is 0 Å². The van der Waals surface area contributed by atoms with Crippen LogP contribution >= 0.6 is 11.8 Å². The summed E-state index contributed by atoms with van der Waals surface area (Å²) < 4.78 is 10.2. The van der Waals surface area contributed by atoms with E-state index in [2.05, 4.69) is 10.3 Å². The van der Waals surface area contributed by atoms with E-state index in [0.717, 1.165) is 37.0 Å². The number of ether oxygens (including phenoxy) is 2. The normalized spacial score (nSPS) is 15.6. The number of aliphatic imine (C=N–C) groups is 1. The van der Waals surface area contributed by atoms with Gasteiger partial charge in [-0.2, -0.15) is 0 Å². The summed E-state index contributed by atoms with van der Waals surface area (Å²) >= 11 is 1.79. The van der Waals surface area contributed by atoms with Gasteiger partial charge >= 0.3 is 0 Å². The molecule has 0 spiro atoms. The quantitative estimate of drug-likeness (QED) is 0.640. The molecule has 0 aromatic rings. The number of rotatable bonds is 7. The molecule has 0 radical (unpaired) electrons. The Morgan fingerprint density at radius 1 is 1.43 bits per heavy atom. The second-order valence-electron chi connectivity index (χ2n) is 2.92. The Bertz CT molecular complexity index is 176. The monoisotopic (exact) mass is 218 g/mol. The summed E-state index contributed by atoms with van der Waals surface area (Å²) in [5.41, 5.74) is 0. The van der Waals surface area contributed by atoms with Gasteiger partial charge in [-0.1, -0.05) is 11.8 Å². The molecule has 5 heteroatoms. The van der Waals surface area contributed by atoms with Crippen LogP contribution in [0.2, 0.25) is 0 Å². The molecule has 1 rings (SSSR count). The number of hydrogen-bond acceptors (Lipinski definition) is 5. The van der Waals surface area contributed by atoms with Crippen LogP contribution < -0.4 is 5.32 Å². The first-order valence-corrected chi connectivity index (χ1v) is 5.90. The first-order chi connectivity index (χ1) is 6.93. The van der Waals surface area contributed by atoms with Crippen LogP contribution in [0.3, 0.4) is 0 Å². The first kappa shape index (κ1) is 11.8. The number of nitrogens with one attached hydrogen (secondary N) is 1. The van der Waals surface area contributed by atoms with Crippen LogP contribution in [0, 0.1) is 0 Å². The van der Waals surface area contributed by atoms with Crippen molar-refractivity contribution < 1.29 is 9.47 Å². The lowest BCUT2D eigenvalue weighted by molar-refractivity contribution is 0.0699. The fraction of sp³-hybridized carbons (Fsp3) is 0.889. The molecule has 4 nitrogen and oxygen atoms in total. The van der Waals surface area contributed by atoms with E-state index in [4.69, 9.17) is 9.47 Å². The molecule has 0 saturated carbocycles. The maximum absolute atomic E-state index is 5.33. The third kappa shape index (κ3) is 5.47. The predicted molar refractivity (Wildman–Crippen MR) is 60.1 cm³/mol. The number of thioether (sulfide) groups is 1. The highest BCUT2D eigenvalue weighted by Gasteiger charge is 2.04. The molecule has 0 aromatic carbocycles. The van der Waals surface area contributed by atoms with Gasteiger partial charge < -0.3 is 14.8 Å². The summed E-state index contributed by atoms with van der Waals surface area (Å²) in [6.45, 7) is 4.05. The molecule has 1 aliphatic rings. The highest BCUT2D eigenvalue weighted by Crippen LogP contribution is 2.08. The molecule has 1 aliphatic heterocycles. The van der Waals surface area contributed by atoms with Gasteiger partial charge in [0.15, 0.2) is 5.17 Å². The van der Waals surface area contributed by atoms with Crippen LogP contribution in [-0.4, -0.2) is 50.9 Å². The van der Waals surface area contributed by atoms with Gasteiger partial charge in [-0.15, -0.1) is 0 Å². The van der Waals surface area contributed by atoms with E-state index in [1.807, 2.05) is 0 Å². The Morgan fingerprint density at radius 3 is 3.07 bits per heavy atom. The molecule has 1 heterocycles. The molecule has 0 aliphatic carbocycles. The molecular weight excluding hydrogens is 200 g/mol. The van der Waals surface area contributed by atoms with Crippen molar-refractivity contribution >= 4 is 16.9 Å². The summed E-state index contributed by atoms with van der Waals surface area (Å²) in [6, 6.07) is 0. The third-order valence-electron chi connectivity index (χ3n) is 1.76. The van der Waals surface area contributed by atoms with Crippen molar-refractivity contribution in [3.05, 3.63) is 0 Å². The van der Waals surface area contributed by atoms with Crippen molar-refractivity contribution in [1.82, 2.24) is 5.32 Å². The molecule has 0 saturated heterocycles. The average molecular weight is 218 g/mol. The van der Waals surface area contributed by atoms with Gasteiger partial charge in [0.2, 0.25) is 0 Å². The number of hydrogen-bond donors (Lipinski definition) is 1.